The Kier molecular flexibility index (Phi) is 5.47. The van der Waals surface area contributed by atoms with Crippen LogP contribution in [-0.2, 0) is 0 Å². The van der Waals surface area contributed by atoms with E-state index >= 15 is 0 Å². The Morgan fingerprint density at radius 2 is 1.20 bits per heavy atom. The maximum atomic E-state index is 12.9. The van der Waals surface area contributed by atoms with Gasteiger partial charge in [-0.1, -0.05) is 64.6 Å². The molecule has 30 heavy (non-hydrogen) atoms. The number of carbonyl (C=O) groups is 3. The van der Waals surface area contributed by atoms with Crippen molar-refractivity contribution < 1.29 is 19.1 Å². The van der Waals surface area contributed by atoms with E-state index in [2.05, 4.69) is 0 Å². The molecule has 1 heterocycles. The van der Waals surface area contributed by atoms with Gasteiger partial charge in [0.05, 0.1) is 42.5 Å². The number of carbonyl (C=O) groups excluding carboxylic acids is 3. The summed E-state index contributed by atoms with van der Waals surface area (Å²) in [4.78, 5) is 38.8. The number of hydrogen-bond donors (Lipinski definition) is 0. The molecule has 2 amide bonds. The Balaban J connectivity index is 1.63. The summed E-state index contributed by atoms with van der Waals surface area (Å²) in [6.07, 6.45) is 0. The highest BCUT2D eigenvalue weighted by Gasteiger charge is 2.42. The summed E-state index contributed by atoms with van der Waals surface area (Å²) < 4.78 is 5.30. The van der Waals surface area contributed by atoms with Gasteiger partial charge in [-0.2, -0.15) is 0 Å². The first-order chi connectivity index (χ1) is 14.3. The Hall–Kier alpha value is -2.57. The maximum Gasteiger partial charge on any atom is 0.343 e. The third kappa shape index (κ3) is 3.34. The minimum Gasteiger partial charge on any atom is -0.423 e. The van der Waals surface area contributed by atoms with Gasteiger partial charge in [0.25, 0.3) is 11.8 Å². The molecule has 1 aliphatic rings. The highest BCUT2D eigenvalue weighted by atomic mass is 35.5. The Bertz CT molecular complexity index is 1160. The largest absolute Gasteiger partial charge is 0.423 e. The predicted octanol–water partition coefficient (Wildman–Crippen LogP) is 6.32. The van der Waals surface area contributed by atoms with Crippen molar-refractivity contribution in [2.45, 2.75) is 0 Å². The normalized spacial score (nSPS) is 12.9. The van der Waals surface area contributed by atoms with Crippen molar-refractivity contribution in [3.05, 3.63) is 91.4 Å². The van der Waals surface area contributed by atoms with Crippen molar-refractivity contribution in [2.75, 3.05) is 4.90 Å². The molecule has 1 aliphatic heterocycles. The lowest BCUT2D eigenvalue weighted by Crippen LogP contribution is -2.29. The summed E-state index contributed by atoms with van der Waals surface area (Å²) in [5.41, 5.74) is 0.404. The Morgan fingerprint density at radius 1 is 0.700 bits per heavy atom. The van der Waals surface area contributed by atoms with Gasteiger partial charge in [-0.25, -0.2) is 9.69 Å². The topological polar surface area (TPSA) is 63.7 Å². The van der Waals surface area contributed by atoms with Crippen LogP contribution in [0.2, 0.25) is 20.1 Å². The van der Waals surface area contributed by atoms with Crippen molar-refractivity contribution in [1.82, 2.24) is 0 Å². The summed E-state index contributed by atoms with van der Waals surface area (Å²) in [7, 11) is 0. The van der Waals surface area contributed by atoms with E-state index in [1.165, 1.54) is 24.3 Å². The van der Waals surface area contributed by atoms with Crippen LogP contribution in [0.4, 0.5) is 5.69 Å². The summed E-state index contributed by atoms with van der Waals surface area (Å²) in [5, 5.41) is -0.493. The van der Waals surface area contributed by atoms with E-state index in [0.29, 0.717) is 5.56 Å². The standard InChI is InChI=1S/C21H9Cl4NO4/c22-15-13-14(16(23)18(25)17(15)24)20(28)26(19(13)27)11-6-8-12(9-7-11)30-21(29)10-4-2-1-3-5-10/h1-9H. The van der Waals surface area contributed by atoms with E-state index < -0.39 is 17.8 Å². The minimum atomic E-state index is -0.686. The number of nitrogens with zero attached hydrogens (tertiary/aromatic N) is 1. The fourth-order valence-electron chi connectivity index (χ4n) is 2.99. The number of imide groups is 1. The Morgan fingerprint density at radius 3 is 1.70 bits per heavy atom. The summed E-state index contributed by atoms with van der Waals surface area (Å²) in [6.45, 7) is 0. The van der Waals surface area contributed by atoms with Gasteiger partial charge in [0.15, 0.2) is 0 Å². The molecule has 0 bridgehead atoms. The van der Waals surface area contributed by atoms with Gasteiger partial charge in [-0.3, -0.25) is 9.59 Å². The van der Waals surface area contributed by atoms with E-state index in [1.54, 1.807) is 30.3 Å². The van der Waals surface area contributed by atoms with E-state index in [9.17, 15) is 14.4 Å². The first kappa shape index (κ1) is 20.7. The van der Waals surface area contributed by atoms with Crippen LogP contribution in [-0.4, -0.2) is 17.8 Å². The zero-order valence-corrected chi connectivity index (χ0v) is 17.8. The van der Waals surface area contributed by atoms with Crippen LogP contribution < -0.4 is 9.64 Å². The number of esters is 1. The van der Waals surface area contributed by atoms with Gasteiger partial charge in [0.2, 0.25) is 0 Å². The lowest BCUT2D eigenvalue weighted by Gasteiger charge is -2.14. The SMILES string of the molecule is O=C(Oc1ccc(N2C(=O)c3c(Cl)c(Cl)c(Cl)c(Cl)c3C2=O)cc1)c1ccccc1. The second-order valence-electron chi connectivity index (χ2n) is 6.20. The molecule has 0 fully saturated rings. The quantitative estimate of drug-likeness (QED) is 0.145. The van der Waals surface area contributed by atoms with Gasteiger partial charge >= 0.3 is 5.97 Å². The number of rotatable bonds is 3. The molecule has 0 aromatic heterocycles. The number of fused-ring (bicyclic) bond motifs is 1. The number of hydrogen-bond acceptors (Lipinski definition) is 4. The zero-order valence-electron chi connectivity index (χ0n) is 14.8. The van der Waals surface area contributed by atoms with E-state index in [1.807, 2.05) is 0 Å². The van der Waals surface area contributed by atoms with E-state index in [0.717, 1.165) is 4.90 Å². The summed E-state index contributed by atoms with van der Waals surface area (Å²) in [5.74, 6) is -1.66. The lowest BCUT2D eigenvalue weighted by molar-refractivity contribution is 0.0733. The maximum absolute atomic E-state index is 12.9. The molecule has 150 valence electrons. The number of ether oxygens (including phenoxy) is 1. The second kappa shape index (κ2) is 7.93. The van der Waals surface area contributed by atoms with Crippen molar-refractivity contribution in [2.24, 2.45) is 0 Å². The predicted molar refractivity (Wildman–Crippen MR) is 115 cm³/mol. The molecule has 3 aromatic rings. The van der Waals surface area contributed by atoms with Crippen LogP contribution >= 0.6 is 46.4 Å². The third-order valence-electron chi connectivity index (χ3n) is 4.42. The van der Waals surface area contributed by atoms with Gasteiger partial charge < -0.3 is 4.74 Å². The van der Waals surface area contributed by atoms with Crippen molar-refractivity contribution in [1.29, 1.82) is 0 Å². The van der Waals surface area contributed by atoms with Crippen LogP contribution in [0.5, 0.6) is 5.75 Å². The molecule has 0 saturated heterocycles. The van der Waals surface area contributed by atoms with E-state index in [-0.39, 0.29) is 42.7 Å². The third-order valence-corrected chi connectivity index (χ3v) is 6.22. The molecule has 5 nitrogen and oxygen atoms in total. The molecular weight excluding hydrogens is 472 g/mol. The first-order valence-corrected chi connectivity index (χ1v) is 9.94. The number of halogens is 4. The lowest BCUT2D eigenvalue weighted by atomic mass is 10.1. The highest BCUT2D eigenvalue weighted by molar-refractivity contribution is 6.56. The fraction of sp³-hybridized carbons (Fsp3) is 0. The van der Waals surface area contributed by atoms with Crippen LogP contribution in [0, 0.1) is 0 Å². The first-order valence-electron chi connectivity index (χ1n) is 8.43. The summed E-state index contributed by atoms with van der Waals surface area (Å²) in [6, 6.07) is 14.3. The second-order valence-corrected chi connectivity index (χ2v) is 7.71. The van der Waals surface area contributed by atoms with Crippen LogP contribution in [0.3, 0.4) is 0 Å². The average molecular weight is 481 g/mol. The number of amides is 2. The molecule has 0 spiro atoms. The molecule has 0 saturated carbocycles. The minimum absolute atomic E-state index is 0.103. The molecule has 0 atom stereocenters. The van der Waals surface area contributed by atoms with E-state index in [4.69, 9.17) is 51.1 Å². The van der Waals surface area contributed by atoms with Crippen molar-refractivity contribution in [3.63, 3.8) is 0 Å². The Labute approximate surface area is 190 Å². The molecule has 9 heteroatoms. The van der Waals surface area contributed by atoms with Crippen molar-refractivity contribution >= 4 is 69.9 Å². The molecule has 4 rings (SSSR count). The van der Waals surface area contributed by atoms with Gasteiger partial charge in [-0.15, -0.1) is 0 Å². The van der Waals surface area contributed by atoms with Gasteiger partial charge in [0.1, 0.15) is 5.75 Å². The number of anilines is 1. The van der Waals surface area contributed by atoms with Crippen LogP contribution in [0.15, 0.2) is 54.6 Å². The zero-order chi connectivity index (χ0) is 21.6. The van der Waals surface area contributed by atoms with Crippen LogP contribution in [0.1, 0.15) is 31.1 Å². The summed E-state index contributed by atoms with van der Waals surface area (Å²) >= 11 is 24.3. The van der Waals surface area contributed by atoms with Crippen molar-refractivity contribution in [3.8, 4) is 5.75 Å². The van der Waals surface area contributed by atoms with Gasteiger partial charge in [-0.05, 0) is 36.4 Å². The molecule has 3 aromatic carbocycles. The fourth-order valence-corrected chi connectivity index (χ4v) is 4.00. The molecule has 0 aliphatic carbocycles. The van der Waals surface area contributed by atoms with Gasteiger partial charge in [0, 0.05) is 0 Å². The molecular formula is C21H9Cl4NO4. The molecule has 0 N–H and O–H groups in total. The monoisotopic (exact) mass is 479 g/mol. The highest BCUT2D eigenvalue weighted by Crippen LogP contribution is 2.45. The molecule has 0 radical (unpaired) electrons. The smallest absolute Gasteiger partial charge is 0.343 e. The van der Waals surface area contributed by atoms with Crippen LogP contribution in [0.25, 0.3) is 0 Å². The molecule has 0 unspecified atom stereocenters. The average Bonchev–Trinajstić information content (AvgIpc) is 3.02. The number of benzene rings is 3.